The topological polar surface area (TPSA) is 105 Å². The molecular formula is C25H28N2O6S. The molecule has 0 amide bonds. The van der Waals surface area contributed by atoms with Gasteiger partial charge in [0.15, 0.2) is 5.75 Å². The quantitative estimate of drug-likeness (QED) is 0.455. The molecule has 0 aromatic heterocycles. The number of para-hydroxylation sites is 1. The van der Waals surface area contributed by atoms with E-state index in [9.17, 15) is 18.3 Å². The average molecular weight is 485 g/mol. The summed E-state index contributed by atoms with van der Waals surface area (Å²) in [5, 5.41) is 12.8. The summed E-state index contributed by atoms with van der Waals surface area (Å²) in [7, 11) is -1.27. The molecule has 180 valence electrons. The molecule has 0 bridgehead atoms. The maximum atomic E-state index is 13.8. The summed E-state index contributed by atoms with van der Waals surface area (Å²) in [6.45, 7) is 4.50. The van der Waals surface area contributed by atoms with E-state index in [2.05, 4.69) is 5.32 Å². The summed E-state index contributed by atoms with van der Waals surface area (Å²) in [5.74, 6) is -0.461. The summed E-state index contributed by atoms with van der Waals surface area (Å²) in [6, 6.07) is 15.6. The lowest BCUT2D eigenvalue weighted by Gasteiger charge is -2.27. The number of rotatable bonds is 9. The van der Waals surface area contributed by atoms with E-state index >= 15 is 0 Å². The van der Waals surface area contributed by atoms with Crippen molar-refractivity contribution in [1.82, 2.24) is 0 Å². The lowest BCUT2D eigenvalue weighted by Crippen LogP contribution is -2.36. The number of ether oxygens (including phenoxy) is 2. The minimum absolute atomic E-state index is 0.0764. The molecular weight excluding hydrogens is 456 g/mol. The molecule has 0 saturated heterocycles. The average Bonchev–Trinajstić information content (AvgIpc) is 2.76. The third kappa shape index (κ3) is 5.09. The van der Waals surface area contributed by atoms with Crippen molar-refractivity contribution in [3.05, 3.63) is 71.3 Å². The first kappa shape index (κ1) is 24.9. The monoisotopic (exact) mass is 484 g/mol. The molecule has 0 aliphatic rings. The van der Waals surface area contributed by atoms with Gasteiger partial charge in [0.25, 0.3) is 10.0 Å². The third-order valence-electron chi connectivity index (χ3n) is 5.25. The Hall–Kier alpha value is -3.72. The number of nitrogens with zero attached hydrogens (tertiary/aromatic N) is 1. The fraction of sp³-hybridized carbons (Fsp3) is 0.240. The second-order valence-electron chi connectivity index (χ2n) is 7.85. The van der Waals surface area contributed by atoms with Crippen LogP contribution in [0.15, 0.2) is 59.5 Å². The Kier molecular flexibility index (Phi) is 7.36. The third-order valence-corrected chi connectivity index (χ3v) is 7.31. The molecule has 0 saturated carbocycles. The van der Waals surface area contributed by atoms with Crippen LogP contribution in [-0.2, 0) is 14.8 Å². The van der Waals surface area contributed by atoms with E-state index in [0.717, 1.165) is 9.87 Å². The largest absolute Gasteiger partial charge is 0.497 e. The second kappa shape index (κ2) is 10.0. The number of aryl methyl sites for hydroxylation is 3. The van der Waals surface area contributed by atoms with Gasteiger partial charge in [-0.25, -0.2) is 8.42 Å². The van der Waals surface area contributed by atoms with Crippen molar-refractivity contribution >= 4 is 33.1 Å². The molecule has 3 aromatic rings. The van der Waals surface area contributed by atoms with Crippen LogP contribution in [0, 0.1) is 20.8 Å². The smallest absolute Gasteiger partial charge is 0.324 e. The van der Waals surface area contributed by atoms with Crippen molar-refractivity contribution in [3.63, 3.8) is 0 Å². The van der Waals surface area contributed by atoms with E-state index in [4.69, 9.17) is 9.47 Å². The van der Waals surface area contributed by atoms with Gasteiger partial charge in [-0.2, -0.15) is 0 Å². The number of hydrogen-bond acceptors (Lipinski definition) is 6. The first-order chi connectivity index (χ1) is 16.1. The number of hydrogen-bond donors (Lipinski definition) is 2. The number of carbonyl (C=O) groups is 1. The first-order valence-corrected chi connectivity index (χ1v) is 11.9. The van der Waals surface area contributed by atoms with Crippen LogP contribution in [-0.4, -0.2) is 40.3 Å². The summed E-state index contributed by atoms with van der Waals surface area (Å²) in [4.78, 5) is 11.8. The van der Waals surface area contributed by atoms with Crippen molar-refractivity contribution < 1.29 is 27.8 Å². The normalized spacial score (nSPS) is 11.1. The molecule has 0 atom stereocenters. The van der Waals surface area contributed by atoms with E-state index in [-0.39, 0.29) is 16.3 Å². The van der Waals surface area contributed by atoms with E-state index in [1.807, 2.05) is 19.1 Å². The minimum Gasteiger partial charge on any atom is -0.497 e. The van der Waals surface area contributed by atoms with Gasteiger partial charge in [0.2, 0.25) is 0 Å². The highest BCUT2D eigenvalue weighted by molar-refractivity contribution is 7.93. The Morgan fingerprint density at radius 2 is 1.62 bits per heavy atom. The SMILES string of the molecule is COc1cccc(Nc2cccc(N(CC(=O)O)S(=O)(=O)c3c(C)cc(C)cc3C)c2OC)c1. The predicted octanol–water partition coefficient (Wildman–Crippen LogP) is 4.65. The molecule has 34 heavy (non-hydrogen) atoms. The van der Waals surface area contributed by atoms with Crippen LogP contribution < -0.4 is 19.1 Å². The lowest BCUT2D eigenvalue weighted by molar-refractivity contribution is -0.135. The van der Waals surface area contributed by atoms with Crippen LogP contribution in [0.1, 0.15) is 16.7 Å². The van der Waals surface area contributed by atoms with E-state index in [0.29, 0.717) is 28.3 Å². The molecule has 0 heterocycles. The number of nitrogens with one attached hydrogen (secondary N) is 1. The molecule has 0 spiro atoms. The number of anilines is 3. The molecule has 2 N–H and O–H groups in total. The summed E-state index contributed by atoms with van der Waals surface area (Å²) < 4.78 is 39.3. The van der Waals surface area contributed by atoms with Gasteiger partial charge in [-0.05, 0) is 56.2 Å². The highest BCUT2D eigenvalue weighted by atomic mass is 32.2. The van der Waals surface area contributed by atoms with Gasteiger partial charge >= 0.3 is 5.97 Å². The first-order valence-electron chi connectivity index (χ1n) is 10.5. The van der Waals surface area contributed by atoms with E-state index in [1.165, 1.54) is 13.2 Å². The van der Waals surface area contributed by atoms with E-state index < -0.39 is 22.5 Å². The van der Waals surface area contributed by atoms with Crippen molar-refractivity contribution in [2.75, 3.05) is 30.4 Å². The lowest BCUT2D eigenvalue weighted by atomic mass is 10.1. The zero-order valence-electron chi connectivity index (χ0n) is 19.7. The van der Waals surface area contributed by atoms with Crippen molar-refractivity contribution in [3.8, 4) is 11.5 Å². The van der Waals surface area contributed by atoms with Gasteiger partial charge in [-0.3, -0.25) is 9.10 Å². The Morgan fingerprint density at radius 3 is 2.21 bits per heavy atom. The Bertz CT molecular complexity index is 1300. The van der Waals surface area contributed by atoms with E-state index in [1.54, 1.807) is 57.4 Å². The van der Waals surface area contributed by atoms with Crippen molar-refractivity contribution in [2.45, 2.75) is 25.7 Å². The maximum absolute atomic E-state index is 13.8. The van der Waals surface area contributed by atoms with Crippen LogP contribution >= 0.6 is 0 Å². The maximum Gasteiger partial charge on any atom is 0.324 e. The Balaban J connectivity index is 2.17. The zero-order chi connectivity index (χ0) is 25.0. The zero-order valence-corrected chi connectivity index (χ0v) is 20.6. The number of carboxylic acids is 1. The Morgan fingerprint density at radius 1 is 0.971 bits per heavy atom. The van der Waals surface area contributed by atoms with Gasteiger partial charge in [-0.1, -0.05) is 29.8 Å². The molecule has 0 radical (unpaired) electrons. The number of methoxy groups -OCH3 is 2. The molecule has 0 aliphatic carbocycles. The van der Waals surface area contributed by atoms with Gasteiger partial charge in [-0.15, -0.1) is 0 Å². The standard InChI is InChI=1S/C25H28N2O6S/c1-16-12-17(2)25(18(3)13-16)34(30,31)27(15-23(28)29)22-11-7-10-21(24(22)33-5)26-19-8-6-9-20(14-19)32-4/h6-14,26H,15H2,1-5H3,(H,28,29). The van der Waals surface area contributed by atoms with Crippen LogP contribution in [0.5, 0.6) is 11.5 Å². The number of aliphatic carboxylic acids is 1. The molecule has 3 rings (SSSR count). The molecule has 9 heteroatoms. The van der Waals surface area contributed by atoms with Gasteiger partial charge in [0, 0.05) is 11.8 Å². The second-order valence-corrected chi connectivity index (χ2v) is 9.65. The molecule has 0 fully saturated rings. The fourth-order valence-electron chi connectivity index (χ4n) is 4.00. The van der Waals surface area contributed by atoms with Crippen LogP contribution in [0.2, 0.25) is 0 Å². The van der Waals surface area contributed by atoms with Crippen LogP contribution in [0.3, 0.4) is 0 Å². The number of benzene rings is 3. The van der Waals surface area contributed by atoms with Gasteiger partial charge in [0.05, 0.1) is 30.5 Å². The predicted molar refractivity (Wildman–Crippen MR) is 132 cm³/mol. The molecule has 0 unspecified atom stereocenters. The number of carboxylic acid groups (broad SMARTS) is 1. The summed E-state index contributed by atoms with van der Waals surface area (Å²) in [5.41, 5.74) is 3.26. The summed E-state index contributed by atoms with van der Waals surface area (Å²) >= 11 is 0. The molecule has 0 aliphatic heterocycles. The highest BCUT2D eigenvalue weighted by Crippen LogP contribution is 2.40. The van der Waals surface area contributed by atoms with Gasteiger partial charge in [0.1, 0.15) is 12.3 Å². The van der Waals surface area contributed by atoms with Crippen LogP contribution in [0.25, 0.3) is 0 Å². The van der Waals surface area contributed by atoms with Gasteiger partial charge < -0.3 is 19.9 Å². The van der Waals surface area contributed by atoms with Crippen molar-refractivity contribution in [1.29, 1.82) is 0 Å². The Labute approximate surface area is 199 Å². The molecule has 3 aromatic carbocycles. The summed E-state index contributed by atoms with van der Waals surface area (Å²) in [6.07, 6.45) is 0. The minimum atomic E-state index is -4.24. The van der Waals surface area contributed by atoms with Crippen LogP contribution in [0.4, 0.5) is 17.1 Å². The number of sulfonamides is 1. The fourth-order valence-corrected chi connectivity index (χ4v) is 5.83. The molecule has 8 nitrogen and oxygen atoms in total. The van der Waals surface area contributed by atoms with Crippen molar-refractivity contribution in [2.24, 2.45) is 0 Å². The highest BCUT2D eigenvalue weighted by Gasteiger charge is 2.32.